The lowest BCUT2D eigenvalue weighted by molar-refractivity contribution is -0.161. The third kappa shape index (κ3) is 5.26. The number of halogens is 4. The van der Waals surface area contributed by atoms with Crippen molar-refractivity contribution in [2.75, 3.05) is 11.0 Å². The normalized spacial score (nSPS) is 12.8. The van der Waals surface area contributed by atoms with Crippen molar-refractivity contribution in [1.29, 1.82) is 0 Å². The highest BCUT2D eigenvalue weighted by atomic mass is 127. The molecule has 3 aromatic carbocycles. The Hall–Kier alpha value is -2.09. The van der Waals surface area contributed by atoms with Gasteiger partial charge < -0.3 is 4.74 Å². The predicted molar refractivity (Wildman–Crippen MR) is 133 cm³/mol. The van der Waals surface area contributed by atoms with E-state index in [9.17, 15) is 22.0 Å². The summed E-state index contributed by atoms with van der Waals surface area (Å²) in [6.45, 7) is -0.366. The van der Waals surface area contributed by atoms with Crippen molar-refractivity contribution in [2.45, 2.75) is 26.4 Å². The summed E-state index contributed by atoms with van der Waals surface area (Å²) in [6.07, 6.45) is 0.276. The second-order valence-electron chi connectivity index (χ2n) is 6.88. The molecule has 0 saturated carbocycles. The summed E-state index contributed by atoms with van der Waals surface area (Å²) in [6, 6.07) is 20.8. The molecule has 0 aromatic heterocycles. The van der Waals surface area contributed by atoms with Crippen molar-refractivity contribution in [1.82, 2.24) is 0 Å². The predicted octanol–water partition coefficient (Wildman–Crippen LogP) is 6.41. The van der Waals surface area contributed by atoms with E-state index in [2.05, 4.69) is 8.37 Å². The van der Waals surface area contributed by atoms with Crippen molar-refractivity contribution < 1.29 is 34.7 Å². The van der Waals surface area contributed by atoms with E-state index in [1.807, 2.05) is 22.6 Å². The smallest absolute Gasteiger partial charge is 0.460 e. The van der Waals surface area contributed by atoms with E-state index in [0.29, 0.717) is 4.43 Å². The van der Waals surface area contributed by atoms with Crippen molar-refractivity contribution in [3.05, 3.63) is 90.7 Å². The molecule has 34 heavy (non-hydrogen) atoms. The first-order chi connectivity index (χ1) is 16.2. The van der Waals surface area contributed by atoms with E-state index in [1.165, 1.54) is 42.5 Å². The number of ether oxygens (including phenoxy) is 1. The molecule has 0 aliphatic heterocycles. The van der Waals surface area contributed by atoms with E-state index in [1.54, 1.807) is 36.4 Å². The zero-order valence-electron chi connectivity index (χ0n) is 17.6. The number of alkyl halides is 3. The topological polar surface area (TPSA) is 73.2 Å². The number of hydrogen-bond acceptors (Lipinski definition) is 4. The molecule has 0 aliphatic carbocycles. The first-order valence-corrected chi connectivity index (χ1v) is 14.5. The Morgan fingerprint density at radius 2 is 1.38 bits per heavy atom. The Morgan fingerprint density at radius 1 is 0.882 bits per heavy atom. The summed E-state index contributed by atoms with van der Waals surface area (Å²) in [4.78, 5) is 12.3. The molecule has 0 radical (unpaired) electrons. The SMILES string of the molecule is O=C(OCCCI)C(F)(F)S(=O)(=O)[OH+]S(c1ccccc1)(c1ccccc1)c1ccccc1F. The minimum Gasteiger partial charge on any atom is -0.460 e. The zero-order chi connectivity index (χ0) is 24.8. The Morgan fingerprint density at radius 3 is 1.88 bits per heavy atom. The average Bonchev–Trinajstić information content (AvgIpc) is 2.84. The van der Waals surface area contributed by atoms with E-state index in [-0.39, 0.29) is 27.7 Å². The summed E-state index contributed by atoms with van der Waals surface area (Å²) >= 11 is 1.96. The van der Waals surface area contributed by atoms with Crippen LogP contribution in [0.2, 0.25) is 0 Å². The Kier molecular flexibility index (Phi) is 8.66. The summed E-state index contributed by atoms with van der Waals surface area (Å²) in [7, 11) is -9.32. The van der Waals surface area contributed by atoms with Gasteiger partial charge in [-0.25, -0.2) is 9.18 Å². The van der Waals surface area contributed by atoms with Crippen LogP contribution in [0.4, 0.5) is 13.2 Å². The van der Waals surface area contributed by atoms with E-state index in [0.717, 1.165) is 6.07 Å². The van der Waals surface area contributed by atoms with Crippen molar-refractivity contribution >= 4 is 49.0 Å². The summed E-state index contributed by atoms with van der Waals surface area (Å²) < 4.78 is 79.9. The van der Waals surface area contributed by atoms with Crippen LogP contribution in [0, 0.1) is 5.82 Å². The second-order valence-corrected chi connectivity index (χ2v) is 12.6. The number of rotatable bonds is 10. The fourth-order valence-electron chi connectivity index (χ4n) is 3.04. The fraction of sp³-hybridized carbons (Fsp3) is 0.174. The largest absolute Gasteiger partial charge is 0.514 e. The van der Waals surface area contributed by atoms with Gasteiger partial charge in [-0.2, -0.15) is 8.78 Å². The van der Waals surface area contributed by atoms with Crippen LogP contribution in [0.25, 0.3) is 0 Å². The van der Waals surface area contributed by atoms with Gasteiger partial charge in [-0.3, -0.25) is 3.63 Å². The molecule has 0 amide bonds. The van der Waals surface area contributed by atoms with Gasteiger partial charge in [-0.1, -0.05) is 71.1 Å². The van der Waals surface area contributed by atoms with E-state index < -0.39 is 37.5 Å². The molecule has 0 bridgehead atoms. The zero-order valence-corrected chi connectivity index (χ0v) is 21.4. The maximum Gasteiger partial charge on any atom is 0.514 e. The molecule has 3 rings (SSSR count). The highest BCUT2D eigenvalue weighted by molar-refractivity contribution is 14.1. The molecule has 3 aromatic rings. The number of benzene rings is 3. The molecule has 11 heteroatoms. The van der Waals surface area contributed by atoms with Gasteiger partial charge in [0.25, 0.3) is 0 Å². The van der Waals surface area contributed by atoms with Crippen molar-refractivity contribution in [3.8, 4) is 0 Å². The van der Waals surface area contributed by atoms with Gasteiger partial charge in [0.05, 0.1) is 26.7 Å². The average molecular weight is 625 g/mol. The molecule has 0 atom stereocenters. The number of hydrogen-bond donors (Lipinski definition) is 0. The maximum atomic E-state index is 15.2. The van der Waals surface area contributed by atoms with Crippen LogP contribution in [0.5, 0.6) is 0 Å². The van der Waals surface area contributed by atoms with Crippen molar-refractivity contribution in [3.63, 3.8) is 0 Å². The molecule has 0 unspecified atom stereocenters. The third-order valence-corrected chi connectivity index (χ3v) is 10.7. The standard InChI is InChI=1S/C23H20F3IO5S2/c24-20-14-7-8-15-21(20)33(18-10-3-1-4-11-18,19-12-5-2-6-13-19)32-34(29,30)23(25,26)22(28)31-17-9-16-27/h1-8,10-15H,9,16-17H2/p+1. The fourth-order valence-corrected chi connectivity index (χ4v) is 8.69. The summed E-state index contributed by atoms with van der Waals surface area (Å²) in [5, 5.41) is -4.97. The van der Waals surface area contributed by atoms with Crippen LogP contribution >= 0.6 is 32.9 Å². The second kappa shape index (κ2) is 11.1. The molecule has 0 fully saturated rings. The molecule has 0 aliphatic rings. The van der Waals surface area contributed by atoms with Crippen molar-refractivity contribution in [2.24, 2.45) is 0 Å². The summed E-state index contributed by atoms with van der Waals surface area (Å²) in [5.74, 6) is -3.04. The monoisotopic (exact) mass is 625 g/mol. The van der Waals surface area contributed by atoms with Crippen LogP contribution < -0.4 is 0 Å². The van der Waals surface area contributed by atoms with Gasteiger partial charge in [0.1, 0.15) is 10.7 Å². The number of carbonyl (C=O) groups is 1. The Balaban J connectivity index is 2.24. The summed E-state index contributed by atoms with van der Waals surface area (Å²) in [5.41, 5.74) is 0. The molecular formula is C23H21F3IO5S2+. The Labute approximate surface area is 211 Å². The molecule has 0 saturated heterocycles. The van der Waals surface area contributed by atoms with Gasteiger partial charge in [-0.05, 0) is 42.8 Å². The lowest BCUT2D eigenvalue weighted by Crippen LogP contribution is -2.42. The number of carbonyl (C=O) groups excluding carboxylic acids is 1. The van der Waals surface area contributed by atoms with Gasteiger partial charge >= 0.3 is 21.3 Å². The first kappa shape index (κ1) is 26.5. The van der Waals surface area contributed by atoms with Crippen LogP contribution in [-0.2, 0) is 19.6 Å². The minimum absolute atomic E-state index is 0.190. The van der Waals surface area contributed by atoms with E-state index in [4.69, 9.17) is 0 Å². The molecule has 182 valence electrons. The molecule has 1 N–H and O–H groups in total. The molecule has 0 spiro atoms. The van der Waals surface area contributed by atoms with Gasteiger partial charge in [0, 0.05) is 4.43 Å². The van der Waals surface area contributed by atoms with Crippen LogP contribution in [0.3, 0.4) is 0 Å². The quantitative estimate of drug-likeness (QED) is 0.0653. The maximum absolute atomic E-state index is 15.2. The van der Waals surface area contributed by atoms with Gasteiger partial charge in [0.2, 0.25) is 0 Å². The van der Waals surface area contributed by atoms with Crippen LogP contribution in [-0.4, -0.2) is 34.3 Å². The minimum atomic E-state index is -5.83. The number of esters is 1. The highest BCUT2D eigenvalue weighted by Gasteiger charge is 2.63. The first-order valence-electron chi connectivity index (χ1n) is 9.94. The highest BCUT2D eigenvalue weighted by Crippen LogP contribution is 2.69. The van der Waals surface area contributed by atoms with Gasteiger partial charge in [0.15, 0.2) is 0 Å². The Bertz CT molecular complexity index is 1190. The lowest BCUT2D eigenvalue weighted by atomic mass is 10.3. The molecule has 5 nitrogen and oxygen atoms in total. The third-order valence-electron chi connectivity index (χ3n) is 4.61. The lowest BCUT2D eigenvalue weighted by Gasteiger charge is -2.35. The molecule has 0 heterocycles. The molecular weight excluding hydrogens is 604 g/mol. The van der Waals surface area contributed by atoms with E-state index >= 15 is 4.39 Å². The van der Waals surface area contributed by atoms with Crippen LogP contribution in [0.15, 0.2) is 99.6 Å². The van der Waals surface area contributed by atoms with Gasteiger partial charge in [-0.15, -0.1) is 8.42 Å². The van der Waals surface area contributed by atoms with Crippen LogP contribution in [0.1, 0.15) is 6.42 Å².